The summed E-state index contributed by atoms with van der Waals surface area (Å²) in [5.74, 6) is 0.102. The first-order valence-electron chi connectivity index (χ1n) is 10.6. The van der Waals surface area contributed by atoms with Crippen molar-refractivity contribution in [2.45, 2.75) is 18.4 Å². The minimum Gasteiger partial charge on any atom is -0.467 e. The molecular weight excluding hydrogens is 452 g/mol. The van der Waals surface area contributed by atoms with Crippen LogP contribution in [0.5, 0.6) is 0 Å². The van der Waals surface area contributed by atoms with Crippen molar-refractivity contribution >= 4 is 29.3 Å². The van der Waals surface area contributed by atoms with Gasteiger partial charge in [-0.2, -0.15) is 0 Å². The molecule has 0 atom stereocenters. The second-order valence-electron chi connectivity index (χ2n) is 7.53. The number of carbonyl (C=O) groups is 2. The smallest absolute Gasteiger partial charge is 0.295 e. The highest BCUT2D eigenvalue weighted by molar-refractivity contribution is 8.00. The normalized spacial score (nSPS) is 10.8. The lowest BCUT2D eigenvalue weighted by atomic mass is 10.2. The molecule has 174 valence electrons. The molecular formula is C25H24N4O4S. The van der Waals surface area contributed by atoms with E-state index in [1.807, 2.05) is 36.4 Å². The van der Waals surface area contributed by atoms with Crippen LogP contribution in [0.1, 0.15) is 21.8 Å². The van der Waals surface area contributed by atoms with E-state index in [9.17, 15) is 14.4 Å². The number of para-hydroxylation sites is 1. The molecule has 4 rings (SSSR count). The fourth-order valence-corrected chi connectivity index (χ4v) is 4.34. The number of aromatic nitrogens is 2. The molecule has 0 saturated heterocycles. The van der Waals surface area contributed by atoms with Gasteiger partial charge in [0.05, 0.1) is 35.5 Å². The molecule has 0 saturated carbocycles. The zero-order valence-corrected chi connectivity index (χ0v) is 19.6. The van der Waals surface area contributed by atoms with E-state index >= 15 is 0 Å². The van der Waals surface area contributed by atoms with Gasteiger partial charge in [0.1, 0.15) is 11.4 Å². The van der Waals surface area contributed by atoms with Gasteiger partial charge in [-0.05, 0) is 43.3 Å². The Labute approximate surface area is 200 Å². The first kappa shape index (κ1) is 23.2. The van der Waals surface area contributed by atoms with Crippen molar-refractivity contribution in [3.8, 4) is 5.69 Å². The van der Waals surface area contributed by atoms with Crippen molar-refractivity contribution in [3.63, 3.8) is 0 Å². The third kappa shape index (κ3) is 4.99. The van der Waals surface area contributed by atoms with E-state index < -0.39 is 0 Å². The van der Waals surface area contributed by atoms with E-state index in [2.05, 4.69) is 10.6 Å². The van der Waals surface area contributed by atoms with Crippen LogP contribution in [0, 0.1) is 6.92 Å². The van der Waals surface area contributed by atoms with E-state index in [1.165, 1.54) is 16.4 Å². The van der Waals surface area contributed by atoms with Crippen LogP contribution < -0.4 is 16.2 Å². The van der Waals surface area contributed by atoms with Crippen LogP contribution >= 0.6 is 11.8 Å². The highest BCUT2D eigenvalue weighted by Crippen LogP contribution is 2.23. The zero-order valence-electron chi connectivity index (χ0n) is 18.8. The molecule has 2 aromatic heterocycles. The van der Waals surface area contributed by atoms with Crippen molar-refractivity contribution in [2.24, 2.45) is 7.05 Å². The lowest BCUT2D eigenvalue weighted by molar-refractivity contribution is -0.113. The van der Waals surface area contributed by atoms with Crippen molar-refractivity contribution < 1.29 is 14.0 Å². The minimum absolute atomic E-state index is 0.0432. The first-order chi connectivity index (χ1) is 16.5. The quantitative estimate of drug-likeness (QED) is 0.378. The molecule has 4 aromatic rings. The average Bonchev–Trinajstić information content (AvgIpc) is 3.45. The van der Waals surface area contributed by atoms with Crippen molar-refractivity contribution in [3.05, 3.63) is 100 Å². The van der Waals surface area contributed by atoms with E-state index in [0.29, 0.717) is 27.6 Å². The number of nitrogens with one attached hydrogen (secondary N) is 2. The molecule has 0 aliphatic rings. The van der Waals surface area contributed by atoms with Gasteiger partial charge in [0.2, 0.25) is 5.91 Å². The van der Waals surface area contributed by atoms with Crippen LogP contribution in [-0.2, 0) is 18.4 Å². The average molecular weight is 477 g/mol. The Morgan fingerprint density at radius 1 is 1.00 bits per heavy atom. The van der Waals surface area contributed by atoms with E-state index in [4.69, 9.17) is 4.42 Å². The lowest BCUT2D eigenvalue weighted by Gasteiger charge is -2.09. The van der Waals surface area contributed by atoms with Gasteiger partial charge in [0.15, 0.2) is 0 Å². The topological polar surface area (TPSA) is 98.3 Å². The molecule has 0 aliphatic heterocycles. The second kappa shape index (κ2) is 10.3. The fraction of sp³-hybridized carbons (Fsp3) is 0.160. The number of benzene rings is 2. The Morgan fingerprint density at radius 3 is 2.47 bits per heavy atom. The Bertz CT molecular complexity index is 1360. The van der Waals surface area contributed by atoms with Crippen molar-refractivity contribution in [1.29, 1.82) is 0 Å². The monoisotopic (exact) mass is 476 g/mol. The van der Waals surface area contributed by atoms with Gasteiger partial charge in [-0.3, -0.25) is 19.1 Å². The molecule has 2 aromatic carbocycles. The molecule has 0 radical (unpaired) electrons. The Hall–Kier alpha value is -3.98. The Balaban J connectivity index is 1.43. The number of hydrogen-bond donors (Lipinski definition) is 2. The Kier molecular flexibility index (Phi) is 7.03. The molecule has 9 heteroatoms. The molecule has 0 fully saturated rings. The summed E-state index contributed by atoms with van der Waals surface area (Å²) in [5.41, 5.74) is 1.75. The number of anilines is 1. The molecule has 0 unspecified atom stereocenters. The molecule has 8 nitrogen and oxygen atoms in total. The molecule has 0 bridgehead atoms. The summed E-state index contributed by atoms with van der Waals surface area (Å²) < 4.78 is 8.46. The van der Waals surface area contributed by atoms with Crippen LogP contribution in [-0.4, -0.2) is 26.9 Å². The summed E-state index contributed by atoms with van der Waals surface area (Å²) in [6.07, 6.45) is 1.55. The van der Waals surface area contributed by atoms with Crippen LogP contribution in [0.2, 0.25) is 0 Å². The number of hydrogen-bond acceptors (Lipinski definition) is 5. The SMILES string of the molecule is Cc1c(NC(=O)CSc2ccccc2C(=O)NCc2ccco2)c(=O)n(-c2ccccc2)n1C. The predicted octanol–water partition coefficient (Wildman–Crippen LogP) is 3.74. The van der Waals surface area contributed by atoms with Gasteiger partial charge >= 0.3 is 0 Å². The van der Waals surface area contributed by atoms with Gasteiger partial charge in [0, 0.05) is 11.9 Å². The first-order valence-corrected chi connectivity index (χ1v) is 11.6. The minimum atomic E-state index is -0.332. The van der Waals surface area contributed by atoms with Crippen molar-refractivity contribution in [2.75, 3.05) is 11.1 Å². The molecule has 2 heterocycles. The van der Waals surface area contributed by atoms with Crippen LogP contribution in [0.25, 0.3) is 5.69 Å². The fourth-order valence-electron chi connectivity index (χ4n) is 3.49. The summed E-state index contributed by atoms with van der Waals surface area (Å²) in [4.78, 5) is 39.0. The standard InChI is InChI=1S/C25H24N4O4S/c1-17-23(25(32)29(28(17)2)18-9-4-3-5-10-18)27-22(30)16-34-21-13-7-6-12-20(21)24(31)26-15-19-11-8-14-33-19/h3-14H,15-16H2,1-2H3,(H,26,31)(H,27,30). The Morgan fingerprint density at radius 2 is 1.74 bits per heavy atom. The number of thioether (sulfide) groups is 1. The third-order valence-corrected chi connectivity index (χ3v) is 6.39. The lowest BCUT2D eigenvalue weighted by Crippen LogP contribution is -2.24. The number of rotatable bonds is 8. The molecule has 2 amide bonds. The maximum Gasteiger partial charge on any atom is 0.295 e. The number of furan rings is 1. The largest absolute Gasteiger partial charge is 0.467 e. The van der Waals surface area contributed by atoms with Crippen LogP contribution in [0.4, 0.5) is 5.69 Å². The summed E-state index contributed by atoms with van der Waals surface area (Å²) in [7, 11) is 1.77. The summed E-state index contributed by atoms with van der Waals surface area (Å²) in [6.45, 7) is 2.05. The van der Waals surface area contributed by atoms with E-state index in [0.717, 1.165) is 0 Å². The summed E-state index contributed by atoms with van der Waals surface area (Å²) in [5, 5.41) is 5.56. The van der Waals surface area contributed by atoms with Crippen LogP contribution in [0.3, 0.4) is 0 Å². The highest BCUT2D eigenvalue weighted by Gasteiger charge is 2.19. The third-order valence-electron chi connectivity index (χ3n) is 5.31. The van der Waals surface area contributed by atoms with Gasteiger partial charge < -0.3 is 15.1 Å². The maximum atomic E-state index is 13.0. The predicted molar refractivity (Wildman–Crippen MR) is 131 cm³/mol. The summed E-state index contributed by atoms with van der Waals surface area (Å²) in [6, 6.07) is 19.8. The number of carbonyl (C=O) groups excluding carboxylic acids is 2. The zero-order chi connectivity index (χ0) is 24.1. The second-order valence-corrected chi connectivity index (χ2v) is 8.55. The van der Waals surface area contributed by atoms with Gasteiger partial charge in [0.25, 0.3) is 11.5 Å². The number of amides is 2. The van der Waals surface area contributed by atoms with Gasteiger partial charge in [-0.1, -0.05) is 30.3 Å². The van der Waals surface area contributed by atoms with Crippen LogP contribution in [0.15, 0.2) is 87.1 Å². The van der Waals surface area contributed by atoms with E-state index in [-0.39, 0.29) is 35.4 Å². The molecule has 0 spiro atoms. The number of nitrogens with zero attached hydrogens (tertiary/aromatic N) is 2. The molecule has 2 N–H and O–H groups in total. The van der Waals surface area contributed by atoms with Gasteiger partial charge in [-0.25, -0.2) is 4.68 Å². The van der Waals surface area contributed by atoms with Gasteiger partial charge in [-0.15, -0.1) is 11.8 Å². The molecule has 34 heavy (non-hydrogen) atoms. The van der Waals surface area contributed by atoms with E-state index in [1.54, 1.807) is 55.2 Å². The maximum absolute atomic E-state index is 13.0. The summed E-state index contributed by atoms with van der Waals surface area (Å²) >= 11 is 1.23. The van der Waals surface area contributed by atoms with Crippen molar-refractivity contribution in [1.82, 2.24) is 14.7 Å². The highest BCUT2D eigenvalue weighted by atomic mass is 32.2. The molecule has 0 aliphatic carbocycles.